The van der Waals surface area contributed by atoms with Crippen LogP contribution >= 0.6 is 0 Å². The zero-order valence-electron chi connectivity index (χ0n) is 12.7. The Balaban J connectivity index is 1.46. The van der Waals surface area contributed by atoms with Gasteiger partial charge in [-0.1, -0.05) is 0 Å². The minimum Gasteiger partial charge on any atom is -0.476 e. The standard InChI is InChI=1S/C15H21N5O2/c1-20-11-12(8-18-20)7-17-14-9-16-10-15(19-14)22-6-4-13-3-2-5-21-13/h8-11,13H,2-7H2,1H3,(H,17,19). The number of aromatic nitrogens is 4. The fraction of sp³-hybridized carbons (Fsp3) is 0.533. The van der Waals surface area contributed by atoms with Crippen molar-refractivity contribution in [3.63, 3.8) is 0 Å². The van der Waals surface area contributed by atoms with Crippen LogP contribution in [0.1, 0.15) is 24.8 Å². The van der Waals surface area contributed by atoms with Gasteiger partial charge in [-0.2, -0.15) is 10.1 Å². The summed E-state index contributed by atoms with van der Waals surface area (Å²) in [7, 11) is 1.89. The van der Waals surface area contributed by atoms with Gasteiger partial charge in [-0.3, -0.25) is 9.67 Å². The molecule has 2 aromatic rings. The van der Waals surface area contributed by atoms with Crippen LogP contribution in [0.4, 0.5) is 5.82 Å². The van der Waals surface area contributed by atoms with Crippen LogP contribution < -0.4 is 10.1 Å². The third kappa shape index (κ3) is 4.17. The molecular formula is C15H21N5O2. The Labute approximate surface area is 129 Å². The molecule has 0 amide bonds. The fourth-order valence-corrected chi connectivity index (χ4v) is 2.43. The molecule has 1 N–H and O–H groups in total. The summed E-state index contributed by atoms with van der Waals surface area (Å²) in [4.78, 5) is 8.55. The highest BCUT2D eigenvalue weighted by atomic mass is 16.5. The second-order valence-electron chi connectivity index (χ2n) is 5.39. The van der Waals surface area contributed by atoms with Gasteiger partial charge in [-0.15, -0.1) is 0 Å². The highest BCUT2D eigenvalue weighted by molar-refractivity contribution is 5.34. The molecular weight excluding hydrogens is 282 g/mol. The van der Waals surface area contributed by atoms with Gasteiger partial charge in [0.2, 0.25) is 5.88 Å². The maximum absolute atomic E-state index is 5.65. The van der Waals surface area contributed by atoms with E-state index in [9.17, 15) is 0 Å². The Hall–Kier alpha value is -2.15. The molecule has 1 aliphatic rings. The number of nitrogens with zero attached hydrogens (tertiary/aromatic N) is 4. The molecule has 1 saturated heterocycles. The molecule has 1 aliphatic heterocycles. The Morgan fingerprint density at radius 2 is 2.36 bits per heavy atom. The van der Waals surface area contributed by atoms with Gasteiger partial charge in [0.1, 0.15) is 5.82 Å². The molecule has 0 spiro atoms. The molecule has 7 nitrogen and oxygen atoms in total. The van der Waals surface area contributed by atoms with Crippen molar-refractivity contribution in [3.8, 4) is 5.88 Å². The van der Waals surface area contributed by atoms with Gasteiger partial charge in [0.15, 0.2) is 0 Å². The predicted octanol–water partition coefficient (Wildman–Crippen LogP) is 1.77. The van der Waals surface area contributed by atoms with Crippen LogP contribution in [0.2, 0.25) is 0 Å². The fourth-order valence-electron chi connectivity index (χ4n) is 2.43. The molecule has 0 saturated carbocycles. The first-order valence-electron chi connectivity index (χ1n) is 7.57. The largest absolute Gasteiger partial charge is 0.476 e. The molecule has 1 fully saturated rings. The minimum atomic E-state index is 0.333. The number of ether oxygens (including phenoxy) is 2. The van der Waals surface area contributed by atoms with Gasteiger partial charge in [0.25, 0.3) is 0 Å². The van der Waals surface area contributed by atoms with Crippen LogP contribution in [-0.4, -0.2) is 39.1 Å². The van der Waals surface area contributed by atoms with Crippen LogP contribution in [0.3, 0.4) is 0 Å². The van der Waals surface area contributed by atoms with E-state index in [2.05, 4.69) is 20.4 Å². The SMILES string of the molecule is Cn1cc(CNc2cncc(OCCC3CCCO3)n2)cn1. The summed E-state index contributed by atoms with van der Waals surface area (Å²) in [6, 6.07) is 0. The highest BCUT2D eigenvalue weighted by Crippen LogP contribution is 2.16. The van der Waals surface area contributed by atoms with Gasteiger partial charge < -0.3 is 14.8 Å². The normalized spacial score (nSPS) is 17.6. The lowest BCUT2D eigenvalue weighted by atomic mass is 10.2. The minimum absolute atomic E-state index is 0.333. The number of hydrogen-bond donors (Lipinski definition) is 1. The average Bonchev–Trinajstić information content (AvgIpc) is 3.17. The van der Waals surface area contributed by atoms with E-state index in [1.54, 1.807) is 17.1 Å². The maximum Gasteiger partial charge on any atom is 0.234 e. The molecule has 0 aliphatic carbocycles. The van der Waals surface area contributed by atoms with E-state index < -0.39 is 0 Å². The smallest absolute Gasteiger partial charge is 0.234 e. The summed E-state index contributed by atoms with van der Waals surface area (Å²) in [6.45, 7) is 2.13. The van der Waals surface area contributed by atoms with Crippen LogP contribution in [0.5, 0.6) is 5.88 Å². The summed E-state index contributed by atoms with van der Waals surface area (Å²) in [5.41, 5.74) is 1.09. The maximum atomic E-state index is 5.65. The first kappa shape index (κ1) is 14.8. The first-order valence-corrected chi connectivity index (χ1v) is 7.57. The lowest BCUT2D eigenvalue weighted by Crippen LogP contribution is -2.11. The van der Waals surface area contributed by atoms with Gasteiger partial charge in [0, 0.05) is 38.4 Å². The average molecular weight is 303 g/mol. The van der Waals surface area contributed by atoms with E-state index in [-0.39, 0.29) is 0 Å². The van der Waals surface area contributed by atoms with Crippen LogP contribution in [0.25, 0.3) is 0 Å². The van der Waals surface area contributed by atoms with E-state index in [0.717, 1.165) is 31.4 Å². The zero-order valence-corrected chi connectivity index (χ0v) is 12.7. The van der Waals surface area contributed by atoms with Crippen molar-refractivity contribution in [2.75, 3.05) is 18.5 Å². The third-order valence-corrected chi connectivity index (χ3v) is 3.56. The van der Waals surface area contributed by atoms with Gasteiger partial charge >= 0.3 is 0 Å². The van der Waals surface area contributed by atoms with Crippen LogP contribution in [-0.2, 0) is 18.3 Å². The van der Waals surface area contributed by atoms with Crippen molar-refractivity contribution in [1.82, 2.24) is 19.7 Å². The number of anilines is 1. The predicted molar refractivity (Wildman–Crippen MR) is 81.7 cm³/mol. The van der Waals surface area contributed by atoms with Gasteiger partial charge in [-0.05, 0) is 12.8 Å². The van der Waals surface area contributed by atoms with E-state index in [0.29, 0.717) is 31.0 Å². The molecule has 0 aromatic carbocycles. The Morgan fingerprint density at radius 1 is 1.41 bits per heavy atom. The summed E-state index contributed by atoms with van der Waals surface area (Å²) in [6.07, 6.45) is 10.6. The van der Waals surface area contributed by atoms with Crippen molar-refractivity contribution in [3.05, 3.63) is 30.4 Å². The first-order chi connectivity index (χ1) is 10.8. The highest BCUT2D eigenvalue weighted by Gasteiger charge is 2.15. The molecule has 3 heterocycles. The van der Waals surface area contributed by atoms with Crippen molar-refractivity contribution in [1.29, 1.82) is 0 Å². The van der Waals surface area contributed by atoms with Crippen LogP contribution in [0, 0.1) is 0 Å². The Morgan fingerprint density at radius 3 is 3.14 bits per heavy atom. The van der Waals surface area contributed by atoms with Crippen molar-refractivity contribution < 1.29 is 9.47 Å². The van der Waals surface area contributed by atoms with Crippen molar-refractivity contribution >= 4 is 5.82 Å². The Bertz CT molecular complexity index is 595. The van der Waals surface area contributed by atoms with Crippen molar-refractivity contribution in [2.45, 2.75) is 31.9 Å². The molecule has 118 valence electrons. The van der Waals surface area contributed by atoms with E-state index in [1.165, 1.54) is 0 Å². The molecule has 0 bridgehead atoms. The number of aryl methyl sites for hydroxylation is 1. The molecule has 2 aromatic heterocycles. The molecule has 22 heavy (non-hydrogen) atoms. The van der Waals surface area contributed by atoms with Crippen LogP contribution in [0.15, 0.2) is 24.8 Å². The number of nitrogens with one attached hydrogen (secondary N) is 1. The van der Waals surface area contributed by atoms with Gasteiger partial charge in [-0.25, -0.2) is 0 Å². The molecule has 3 rings (SSSR count). The van der Waals surface area contributed by atoms with E-state index >= 15 is 0 Å². The number of rotatable bonds is 7. The van der Waals surface area contributed by atoms with E-state index in [4.69, 9.17) is 9.47 Å². The topological polar surface area (TPSA) is 74.1 Å². The monoisotopic (exact) mass is 303 g/mol. The lowest BCUT2D eigenvalue weighted by molar-refractivity contribution is 0.0896. The lowest BCUT2D eigenvalue weighted by Gasteiger charge is -2.10. The molecule has 1 unspecified atom stereocenters. The third-order valence-electron chi connectivity index (χ3n) is 3.56. The molecule has 7 heteroatoms. The summed E-state index contributed by atoms with van der Waals surface area (Å²) in [5.74, 6) is 1.23. The number of hydrogen-bond acceptors (Lipinski definition) is 6. The quantitative estimate of drug-likeness (QED) is 0.840. The second-order valence-corrected chi connectivity index (χ2v) is 5.39. The molecule has 0 radical (unpaired) electrons. The summed E-state index contributed by atoms with van der Waals surface area (Å²) < 4.78 is 13.0. The molecule has 1 atom stereocenters. The summed E-state index contributed by atoms with van der Waals surface area (Å²) >= 11 is 0. The van der Waals surface area contributed by atoms with Crippen molar-refractivity contribution in [2.24, 2.45) is 7.05 Å². The second kappa shape index (κ2) is 7.22. The van der Waals surface area contributed by atoms with E-state index in [1.807, 2.05) is 19.4 Å². The Kier molecular flexibility index (Phi) is 4.85. The summed E-state index contributed by atoms with van der Waals surface area (Å²) in [5, 5.41) is 7.34. The zero-order chi connectivity index (χ0) is 15.2. The van der Waals surface area contributed by atoms with Gasteiger partial charge in [0.05, 0.1) is 31.3 Å².